The molecule has 5 heteroatoms. The standard InChI is InChI=1S/C18H20N2O3/c1-3-12-8-5-6-11-15(12)20-18(22)14-10-7-9-13(17(19)21)16(14)23-4-2/h5-11H,3-4H2,1-2H3,(H2,19,21)(H,20,22). The highest BCUT2D eigenvalue weighted by Gasteiger charge is 2.19. The van der Waals surface area contributed by atoms with E-state index in [9.17, 15) is 9.59 Å². The molecule has 0 aliphatic carbocycles. The first-order valence-corrected chi connectivity index (χ1v) is 7.53. The van der Waals surface area contributed by atoms with E-state index in [0.29, 0.717) is 6.61 Å². The Bertz CT molecular complexity index is 726. The van der Waals surface area contributed by atoms with E-state index < -0.39 is 5.91 Å². The van der Waals surface area contributed by atoms with Crippen LogP contribution in [-0.4, -0.2) is 18.4 Å². The number of ether oxygens (including phenoxy) is 1. The van der Waals surface area contributed by atoms with Gasteiger partial charge in [0.2, 0.25) is 0 Å². The van der Waals surface area contributed by atoms with Gasteiger partial charge in [-0.3, -0.25) is 9.59 Å². The second-order valence-corrected chi connectivity index (χ2v) is 4.94. The molecule has 0 aliphatic rings. The van der Waals surface area contributed by atoms with Crippen LogP contribution in [-0.2, 0) is 6.42 Å². The zero-order valence-corrected chi connectivity index (χ0v) is 13.3. The van der Waals surface area contributed by atoms with Crippen LogP contribution in [0.5, 0.6) is 5.75 Å². The van der Waals surface area contributed by atoms with E-state index in [-0.39, 0.29) is 22.8 Å². The smallest absolute Gasteiger partial charge is 0.259 e. The van der Waals surface area contributed by atoms with Crippen LogP contribution >= 0.6 is 0 Å². The molecule has 0 aromatic heterocycles. The van der Waals surface area contributed by atoms with Crippen LogP contribution in [0, 0.1) is 0 Å². The van der Waals surface area contributed by atoms with Gasteiger partial charge in [0.1, 0.15) is 5.75 Å². The number of hydrogen-bond acceptors (Lipinski definition) is 3. The number of nitrogens with two attached hydrogens (primary N) is 1. The Hall–Kier alpha value is -2.82. The first kappa shape index (κ1) is 16.5. The highest BCUT2D eigenvalue weighted by molar-refractivity contribution is 6.09. The minimum absolute atomic E-state index is 0.197. The van der Waals surface area contributed by atoms with Gasteiger partial charge in [0.05, 0.1) is 17.7 Å². The van der Waals surface area contributed by atoms with Crippen LogP contribution < -0.4 is 15.8 Å². The lowest BCUT2D eigenvalue weighted by Crippen LogP contribution is -2.19. The number of anilines is 1. The molecule has 0 fully saturated rings. The minimum Gasteiger partial charge on any atom is -0.492 e. The SMILES string of the molecule is CCOc1c(C(N)=O)cccc1C(=O)Nc1ccccc1CC. The van der Waals surface area contributed by atoms with Gasteiger partial charge in [-0.25, -0.2) is 0 Å². The lowest BCUT2D eigenvalue weighted by atomic mass is 10.1. The summed E-state index contributed by atoms with van der Waals surface area (Å²) in [5.74, 6) is -0.747. The maximum absolute atomic E-state index is 12.6. The Balaban J connectivity index is 2.39. The lowest BCUT2D eigenvalue weighted by Gasteiger charge is -2.14. The zero-order chi connectivity index (χ0) is 16.8. The average Bonchev–Trinajstić information content (AvgIpc) is 2.55. The van der Waals surface area contributed by atoms with Crippen LogP contribution in [0.3, 0.4) is 0 Å². The van der Waals surface area contributed by atoms with Gasteiger partial charge >= 0.3 is 0 Å². The molecule has 0 atom stereocenters. The number of aryl methyl sites for hydroxylation is 1. The Kier molecular flexibility index (Phi) is 5.36. The molecule has 3 N–H and O–H groups in total. The molecule has 0 bridgehead atoms. The summed E-state index contributed by atoms with van der Waals surface area (Å²) in [6, 6.07) is 12.4. The number of rotatable bonds is 6. The summed E-state index contributed by atoms with van der Waals surface area (Å²) in [6.07, 6.45) is 0.802. The van der Waals surface area contributed by atoms with E-state index in [1.807, 2.05) is 31.2 Å². The van der Waals surface area contributed by atoms with Crippen molar-refractivity contribution in [2.45, 2.75) is 20.3 Å². The van der Waals surface area contributed by atoms with E-state index in [1.54, 1.807) is 25.1 Å². The molecule has 120 valence electrons. The van der Waals surface area contributed by atoms with Crippen molar-refractivity contribution < 1.29 is 14.3 Å². The zero-order valence-electron chi connectivity index (χ0n) is 13.3. The third kappa shape index (κ3) is 3.69. The molecule has 2 amide bonds. The van der Waals surface area contributed by atoms with E-state index >= 15 is 0 Å². The predicted octanol–water partition coefficient (Wildman–Crippen LogP) is 3.00. The van der Waals surface area contributed by atoms with E-state index in [4.69, 9.17) is 10.5 Å². The summed E-state index contributed by atoms with van der Waals surface area (Å²) in [6.45, 7) is 4.13. The van der Waals surface area contributed by atoms with Crippen LogP contribution in [0.25, 0.3) is 0 Å². The van der Waals surface area contributed by atoms with E-state index in [1.165, 1.54) is 0 Å². The van der Waals surface area contributed by atoms with Crippen molar-refractivity contribution in [2.75, 3.05) is 11.9 Å². The van der Waals surface area contributed by atoms with Gasteiger partial charge in [-0.1, -0.05) is 31.2 Å². The van der Waals surface area contributed by atoms with E-state index in [0.717, 1.165) is 17.7 Å². The fraction of sp³-hybridized carbons (Fsp3) is 0.222. The quantitative estimate of drug-likeness (QED) is 0.860. The topological polar surface area (TPSA) is 81.4 Å². The molecule has 0 radical (unpaired) electrons. The molecular weight excluding hydrogens is 292 g/mol. The number of para-hydroxylation sites is 2. The van der Waals surface area contributed by atoms with Crippen molar-refractivity contribution in [3.05, 3.63) is 59.2 Å². The Morgan fingerprint density at radius 1 is 1.04 bits per heavy atom. The fourth-order valence-corrected chi connectivity index (χ4v) is 2.35. The highest BCUT2D eigenvalue weighted by atomic mass is 16.5. The maximum Gasteiger partial charge on any atom is 0.259 e. The van der Waals surface area contributed by atoms with Crippen molar-refractivity contribution in [3.63, 3.8) is 0 Å². The largest absolute Gasteiger partial charge is 0.492 e. The lowest BCUT2D eigenvalue weighted by molar-refractivity contribution is 0.0996. The highest BCUT2D eigenvalue weighted by Crippen LogP contribution is 2.26. The number of carbonyl (C=O) groups excluding carboxylic acids is 2. The molecule has 2 aromatic carbocycles. The van der Waals surface area contributed by atoms with Gasteiger partial charge in [0.15, 0.2) is 0 Å². The monoisotopic (exact) mass is 312 g/mol. The first-order valence-electron chi connectivity index (χ1n) is 7.53. The second kappa shape index (κ2) is 7.45. The molecule has 2 rings (SSSR count). The van der Waals surface area contributed by atoms with Crippen molar-refractivity contribution in [3.8, 4) is 5.75 Å². The Labute approximate surface area is 135 Å². The molecule has 2 aromatic rings. The maximum atomic E-state index is 12.6. The molecule has 0 aliphatic heterocycles. The van der Waals surface area contributed by atoms with Gasteiger partial charge in [0.25, 0.3) is 11.8 Å². The van der Waals surface area contributed by atoms with Gasteiger partial charge in [-0.05, 0) is 37.1 Å². The second-order valence-electron chi connectivity index (χ2n) is 4.94. The van der Waals surface area contributed by atoms with Crippen molar-refractivity contribution in [2.24, 2.45) is 5.73 Å². The third-order valence-corrected chi connectivity index (χ3v) is 3.46. The minimum atomic E-state index is -0.628. The molecule has 0 heterocycles. The number of benzene rings is 2. The van der Waals surface area contributed by atoms with Crippen LogP contribution in [0.15, 0.2) is 42.5 Å². The van der Waals surface area contributed by atoms with Gasteiger partial charge < -0.3 is 15.8 Å². The summed E-state index contributed by atoms with van der Waals surface area (Å²) in [5.41, 5.74) is 7.62. The Morgan fingerprint density at radius 2 is 1.74 bits per heavy atom. The molecular formula is C18H20N2O3. The number of carbonyl (C=O) groups is 2. The van der Waals surface area contributed by atoms with E-state index in [2.05, 4.69) is 5.32 Å². The van der Waals surface area contributed by atoms with Crippen LogP contribution in [0.1, 0.15) is 40.1 Å². The molecule has 0 unspecified atom stereocenters. The molecule has 0 saturated heterocycles. The fourth-order valence-electron chi connectivity index (χ4n) is 2.35. The van der Waals surface area contributed by atoms with Gasteiger partial charge in [0, 0.05) is 5.69 Å². The van der Waals surface area contributed by atoms with Crippen molar-refractivity contribution in [1.82, 2.24) is 0 Å². The summed E-state index contributed by atoms with van der Waals surface area (Å²) in [4.78, 5) is 24.2. The Morgan fingerprint density at radius 3 is 2.39 bits per heavy atom. The normalized spacial score (nSPS) is 10.2. The van der Waals surface area contributed by atoms with Crippen molar-refractivity contribution in [1.29, 1.82) is 0 Å². The van der Waals surface area contributed by atoms with Gasteiger partial charge in [-0.15, -0.1) is 0 Å². The molecule has 0 spiro atoms. The first-order chi connectivity index (χ1) is 11.1. The van der Waals surface area contributed by atoms with Crippen molar-refractivity contribution >= 4 is 17.5 Å². The van der Waals surface area contributed by atoms with Crippen LogP contribution in [0.2, 0.25) is 0 Å². The van der Waals surface area contributed by atoms with Crippen LogP contribution in [0.4, 0.5) is 5.69 Å². The predicted molar refractivity (Wildman–Crippen MR) is 89.9 cm³/mol. The summed E-state index contributed by atoms with van der Waals surface area (Å²) >= 11 is 0. The summed E-state index contributed by atoms with van der Waals surface area (Å²) in [5, 5.41) is 2.87. The number of amides is 2. The number of nitrogens with one attached hydrogen (secondary N) is 1. The molecule has 0 saturated carbocycles. The summed E-state index contributed by atoms with van der Waals surface area (Å²) < 4.78 is 5.48. The van der Waals surface area contributed by atoms with Gasteiger partial charge in [-0.2, -0.15) is 0 Å². The third-order valence-electron chi connectivity index (χ3n) is 3.46. The molecule has 23 heavy (non-hydrogen) atoms. The molecule has 5 nitrogen and oxygen atoms in total. The summed E-state index contributed by atoms with van der Waals surface area (Å²) in [7, 11) is 0. The average molecular weight is 312 g/mol. The number of hydrogen-bond donors (Lipinski definition) is 2. The number of primary amides is 1.